The third-order valence-electron chi connectivity index (χ3n) is 6.73. The van der Waals surface area contributed by atoms with Crippen LogP contribution in [0.5, 0.6) is 0 Å². The largest absolute Gasteiger partial charge is 0.479 e. The zero-order valence-corrected chi connectivity index (χ0v) is 23.5. The maximum atomic E-state index is 13.3. The zero-order chi connectivity index (χ0) is 31.8. The van der Waals surface area contributed by atoms with Crippen molar-refractivity contribution in [3.05, 3.63) is 144 Å². The summed E-state index contributed by atoms with van der Waals surface area (Å²) in [4.78, 5) is 65.4. The first-order valence-corrected chi connectivity index (χ1v) is 13.7. The first kappa shape index (κ1) is 30.6. The highest BCUT2D eigenvalue weighted by molar-refractivity contribution is 5.92. The topological polar surface area (TPSA) is 152 Å². The SMILES string of the molecule is O=C(O[C@@H]1O[C@H](C(=O)O)[C@@H](OC(=O)c2ccccc2)[C@H](OC(=O)c2ccccc2)[C@H]1OC(=O)c1ccccc1)c1ccccc1. The molecule has 0 amide bonds. The Morgan fingerprint density at radius 3 is 1.11 bits per heavy atom. The van der Waals surface area contributed by atoms with Crippen molar-refractivity contribution in [3.8, 4) is 0 Å². The van der Waals surface area contributed by atoms with E-state index in [1.165, 1.54) is 48.5 Å². The van der Waals surface area contributed by atoms with Crippen LogP contribution < -0.4 is 0 Å². The van der Waals surface area contributed by atoms with Crippen molar-refractivity contribution in [3.63, 3.8) is 0 Å². The highest BCUT2D eigenvalue weighted by Crippen LogP contribution is 2.32. The fraction of sp³-hybridized carbons (Fsp3) is 0.147. The molecule has 4 aromatic carbocycles. The molecule has 1 fully saturated rings. The molecule has 11 nitrogen and oxygen atoms in total. The molecule has 4 aromatic rings. The fourth-order valence-electron chi connectivity index (χ4n) is 4.54. The lowest BCUT2D eigenvalue weighted by Crippen LogP contribution is -2.64. The Labute approximate surface area is 256 Å². The summed E-state index contributed by atoms with van der Waals surface area (Å²) in [6, 6.07) is 30.8. The lowest BCUT2D eigenvalue weighted by atomic mass is 9.97. The molecule has 1 aliphatic heterocycles. The molecule has 5 rings (SSSR count). The minimum absolute atomic E-state index is 0.0604. The summed E-state index contributed by atoms with van der Waals surface area (Å²) in [7, 11) is 0. The summed E-state index contributed by atoms with van der Waals surface area (Å²) in [6.07, 6.45) is -9.40. The molecule has 45 heavy (non-hydrogen) atoms. The van der Waals surface area contributed by atoms with E-state index in [2.05, 4.69) is 0 Å². The number of benzene rings is 4. The highest BCUT2D eigenvalue weighted by Gasteiger charge is 2.56. The van der Waals surface area contributed by atoms with Gasteiger partial charge in [-0.3, -0.25) is 0 Å². The number of hydrogen-bond donors (Lipinski definition) is 1. The van der Waals surface area contributed by atoms with Gasteiger partial charge in [0.05, 0.1) is 22.3 Å². The van der Waals surface area contributed by atoms with Crippen molar-refractivity contribution in [2.24, 2.45) is 0 Å². The van der Waals surface area contributed by atoms with Gasteiger partial charge in [0.2, 0.25) is 12.4 Å². The van der Waals surface area contributed by atoms with Crippen molar-refractivity contribution in [2.45, 2.75) is 30.7 Å². The van der Waals surface area contributed by atoms with Crippen LogP contribution in [0.4, 0.5) is 0 Å². The zero-order valence-electron chi connectivity index (χ0n) is 23.5. The number of ether oxygens (including phenoxy) is 5. The predicted octanol–water partition coefficient (Wildman–Crippen LogP) is 4.33. The summed E-state index contributed by atoms with van der Waals surface area (Å²) in [5, 5.41) is 10.2. The van der Waals surface area contributed by atoms with E-state index in [0.717, 1.165) is 0 Å². The van der Waals surface area contributed by atoms with Gasteiger partial charge in [0.25, 0.3) is 0 Å². The van der Waals surface area contributed by atoms with Crippen molar-refractivity contribution in [2.75, 3.05) is 0 Å². The first-order chi connectivity index (χ1) is 21.8. The first-order valence-electron chi connectivity index (χ1n) is 13.7. The van der Waals surface area contributed by atoms with Crippen molar-refractivity contribution in [1.82, 2.24) is 0 Å². The van der Waals surface area contributed by atoms with Gasteiger partial charge in [0, 0.05) is 0 Å². The van der Waals surface area contributed by atoms with Gasteiger partial charge in [-0.05, 0) is 48.5 Å². The Balaban J connectivity index is 1.57. The molecule has 0 spiro atoms. The summed E-state index contributed by atoms with van der Waals surface area (Å²) < 4.78 is 28.3. The quantitative estimate of drug-likeness (QED) is 0.213. The number of hydrogen-bond acceptors (Lipinski definition) is 10. The number of carbonyl (C=O) groups excluding carboxylic acids is 4. The molecule has 0 radical (unpaired) electrons. The Morgan fingerprint density at radius 2 is 0.756 bits per heavy atom. The molecule has 11 heteroatoms. The van der Waals surface area contributed by atoms with Gasteiger partial charge in [-0.25, -0.2) is 24.0 Å². The van der Waals surface area contributed by atoms with Gasteiger partial charge < -0.3 is 28.8 Å². The molecule has 228 valence electrons. The molecule has 0 aromatic heterocycles. The van der Waals surface area contributed by atoms with Crippen LogP contribution in [0, 0.1) is 0 Å². The number of carbonyl (C=O) groups is 5. The van der Waals surface area contributed by atoms with Crippen molar-refractivity contribution < 1.29 is 52.8 Å². The Hall–Kier alpha value is -5.81. The maximum Gasteiger partial charge on any atom is 0.340 e. The van der Waals surface area contributed by atoms with E-state index < -0.39 is 60.6 Å². The van der Waals surface area contributed by atoms with E-state index in [-0.39, 0.29) is 22.3 Å². The van der Waals surface area contributed by atoms with E-state index in [0.29, 0.717) is 0 Å². The van der Waals surface area contributed by atoms with Gasteiger partial charge in [0.1, 0.15) is 0 Å². The third kappa shape index (κ3) is 7.40. The molecule has 0 bridgehead atoms. The molecule has 5 atom stereocenters. The molecule has 1 N–H and O–H groups in total. The second-order valence-electron chi connectivity index (χ2n) is 9.74. The number of esters is 4. The van der Waals surface area contributed by atoms with Gasteiger partial charge in [0.15, 0.2) is 18.3 Å². The third-order valence-corrected chi connectivity index (χ3v) is 6.73. The average Bonchev–Trinajstić information content (AvgIpc) is 3.08. The molecule has 1 saturated heterocycles. The number of rotatable bonds is 9. The van der Waals surface area contributed by atoms with Crippen LogP contribution in [-0.2, 0) is 28.5 Å². The van der Waals surface area contributed by atoms with Crippen LogP contribution in [0.2, 0.25) is 0 Å². The normalized spacial score (nSPS) is 20.7. The van der Waals surface area contributed by atoms with Crippen LogP contribution >= 0.6 is 0 Å². The van der Waals surface area contributed by atoms with Crippen LogP contribution in [0.15, 0.2) is 121 Å². The number of aliphatic carboxylic acids is 1. The van der Waals surface area contributed by atoms with Crippen molar-refractivity contribution in [1.29, 1.82) is 0 Å². The van der Waals surface area contributed by atoms with Gasteiger partial charge >= 0.3 is 29.8 Å². The van der Waals surface area contributed by atoms with E-state index in [1.807, 2.05) is 0 Å². The lowest BCUT2D eigenvalue weighted by molar-refractivity contribution is -0.276. The molecule has 0 saturated carbocycles. The molecular weight excluding hydrogens is 584 g/mol. The monoisotopic (exact) mass is 610 g/mol. The van der Waals surface area contributed by atoms with E-state index in [4.69, 9.17) is 23.7 Å². The molecule has 1 aliphatic rings. The second kappa shape index (κ2) is 14.1. The Bertz CT molecular complexity index is 1640. The van der Waals surface area contributed by atoms with Crippen LogP contribution in [-0.4, -0.2) is 65.7 Å². The van der Waals surface area contributed by atoms with Crippen LogP contribution in [0.1, 0.15) is 41.4 Å². The Morgan fingerprint density at radius 1 is 0.444 bits per heavy atom. The highest BCUT2D eigenvalue weighted by atomic mass is 16.7. The molecule has 0 aliphatic carbocycles. The summed E-state index contributed by atoms with van der Waals surface area (Å²) in [5.74, 6) is -5.44. The fourth-order valence-corrected chi connectivity index (χ4v) is 4.54. The number of carboxylic acid groups (broad SMARTS) is 1. The summed E-state index contributed by atoms with van der Waals surface area (Å²) >= 11 is 0. The maximum absolute atomic E-state index is 13.3. The predicted molar refractivity (Wildman–Crippen MR) is 155 cm³/mol. The summed E-state index contributed by atoms with van der Waals surface area (Å²) in [6.45, 7) is 0. The van der Waals surface area contributed by atoms with E-state index >= 15 is 0 Å². The van der Waals surface area contributed by atoms with Gasteiger partial charge in [-0.2, -0.15) is 0 Å². The van der Waals surface area contributed by atoms with Crippen LogP contribution in [0.25, 0.3) is 0 Å². The standard InChI is InChI=1S/C34H26O11/c35-29(36)27-25(41-30(37)21-13-5-1-6-14-21)26(42-31(38)22-15-7-2-8-16-22)28(43-32(39)23-17-9-3-10-18-23)34(44-27)45-33(40)24-19-11-4-12-20-24/h1-20,25-28,34H,(H,35,36)/t25-,26-,27-,28+,34-/m0/s1. The van der Waals surface area contributed by atoms with Crippen LogP contribution in [0.3, 0.4) is 0 Å². The van der Waals surface area contributed by atoms with E-state index in [1.54, 1.807) is 72.8 Å². The average molecular weight is 611 g/mol. The summed E-state index contributed by atoms with van der Waals surface area (Å²) in [5.41, 5.74) is 0.286. The van der Waals surface area contributed by atoms with Gasteiger partial charge in [-0.1, -0.05) is 72.8 Å². The van der Waals surface area contributed by atoms with Crippen molar-refractivity contribution >= 4 is 29.8 Å². The second-order valence-corrected chi connectivity index (χ2v) is 9.74. The minimum Gasteiger partial charge on any atom is -0.479 e. The Kier molecular flexibility index (Phi) is 9.61. The van der Waals surface area contributed by atoms with Gasteiger partial charge in [-0.15, -0.1) is 0 Å². The number of carboxylic acids is 1. The smallest absolute Gasteiger partial charge is 0.340 e. The molecular formula is C34H26O11. The molecule has 1 heterocycles. The minimum atomic E-state index is -2.02. The van der Waals surface area contributed by atoms with E-state index in [9.17, 15) is 29.1 Å². The lowest BCUT2D eigenvalue weighted by Gasteiger charge is -2.42. The molecule has 0 unspecified atom stereocenters.